The van der Waals surface area contributed by atoms with E-state index in [-0.39, 0.29) is 0 Å². The number of rotatable bonds is 3. The number of hydrogen-bond donors (Lipinski definition) is 1. The minimum atomic E-state index is -0.706. The summed E-state index contributed by atoms with van der Waals surface area (Å²) < 4.78 is 4.81. The third-order valence-electron chi connectivity index (χ3n) is 1.77. The molecule has 0 aliphatic carbocycles. The molecule has 0 radical (unpaired) electrons. The van der Waals surface area contributed by atoms with E-state index in [0.717, 1.165) is 6.42 Å². The van der Waals surface area contributed by atoms with Gasteiger partial charge in [0.1, 0.15) is 5.76 Å². The van der Waals surface area contributed by atoms with Gasteiger partial charge in [-0.05, 0) is 12.5 Å². The van der Waals surface area contributed by atoms with Crippen molar-refractivity contribution in [2.24, 2.45) is 0 Å². The average Bonchev–Trinajstić information content (AvgIpc) is 2.47. The van der Waals surface area contributed by atoms with Crippen LogP contribution in [0.4, 0.5) is 0 Å². The molecule has 1 N–H and O–H groups in total. The van der Waals surface area contributed by atoms with Gasteiger partial charge in [-0.25, -0.2) is 4.79 Å². The first kappa shape index (κ1) is 10.5. The number of ether oxygens (including phenoxy) is 1. The van der Waals surface area contributed by atoms with Crippen LogP contribution < -0.4 is 0 Å². The molecular formula is C9H11BrO3. The van der Waals surface area contributed by atoms with Gasteiger partial charge in [-0.1, -0.05) is 29.3 Å². The van der Waals surface area contributed by atoms with Gasteiger partial charge in [0, 0.05) is 4.99 Å². The Morgan fingerprint density at radius 3 is 2.92 bits per heavy atom. The lowest BCUT2D eigenvalue weighted by atomic mass is 10.1. The molecule has 0 aromatic carbocycles. The zero-order valence-electron chi connectivity index (χ0n) is 7.29. The fourth-order valence-electron chi connectivity index (χ4n) is 1.12. The Kier molecular flexibility index (Phi) is 3.69. The minimum absolute atomic E-state index is 0.340. The number of allylic oxidation sites excluding steroid dienone is 1. The maximum atomic E-state index is 11.1. The number of hydrogen-bond acceptors (Lipinski definition) is 3. The van der Waals surface area contributed by atoms with Gasteiger partial charge in [-0.2, -0.15) is 0 Å². The van der Waals surface area contributed by atoms with Crippen LogP contribution in [-0.4, -0.2) is 17.2 Å². The van der Waals surface area contributed by atoms with Gasteiger partial charge in [-0.3, -0.25) is 0 Å². The molecule has 1 unspecified atom stereocenters. The first-order chi connectivity index (χ1) is 6.19. The molecule has 0 aromatic heterocycles. The van der Waals surface area contributed by atoms with Crippen LogP contribution in [0.15, 0.2) is 22.4 Å². The van der Waals surface area contributed by atoms with E-state index in [1.807, 2.05) is 6.92 Å². The molecule has 1 heterocycles. The summed E-state index contributed by atoms with van der Waals surface area (Å²) in [5.74, 6) is -0.0122. The molecule has 1 atom stereocenters. The largest absolute Gasteiger partial charge is 0.423 e. The Labute approximate surface area is 85.2 Å². The standard InChI is InChI=1S/C9H11BrO3/c1-2-3-8(11)7-4-6(5-10)13-9(7)12/h4-5,8,11H,2-3H2,1H3/b6-5+. The Morgan fingerprint density at radius 2 is 2.46 bits per heavy atom. The van der Waals surface area contributed by atoms with Crippen LogP contribution in [0, 0.1) is 0 Å². The molecular weight excluding hydrogens is 236 g/mol. The third kappa shape index (κ3) is 2.42. The highest BCUT2D eigenvalue weighted by molar-refractivity contribution is 9.11. The maximum Gasteiger partial charge on any atom is 0.342 e. The lowest BCUT2D eigenvalue weighted by molar-refractivity contribution is -0.134. The van der Waals surface area contributed by atoms with Crippen molar-refractivity contribution in [3.05, 3.63) is 22.4 Å². The van der Waals surface area contributed by atoms with Crippen molar-refractivity contribution in [1.82, 2.24) is 0 Å². The van der Waals surface area contributed by atoms with Crippen LogP contribution in [0.3, 0.4) is 0 Å². The van der Waals surface area contributed by atoms with Crippen molar-refractivity contribution < 1.29 is 14.6 Å². The highest BCUT2D eigenvalue weighted by Crippen LogP contribution is 2.22. The number of cyclic esters (lactones) is 1. The van der Waals surface area contributed by atoms with E-state index in [2.05, 4.69) is 15.9 Å². The van der Waals surface area contributed by atoms with Crippen molar-refractivity contribution >= 4 is 21.9 Å². The zero-order chi connectivity index (χ0) is 9.84. The molecule has 0 saturated carbocycles. The van der Waals surface area contributed by atoms with Crippen molar-refractivity contribution in [3.8, 4) is 0 Å². The second-order valence-electron chi connectivity index (χ2n) is 2.81. The van der Waals surface area contributed by atoms with Crippen molar-refractivity contribution in [3.63, 3.8) is 0 Å². The maximum absolute atomic E-state index is 11.1. The summed E-state index contributed by atoms with van der Waals surface area (Å²) >= 11 is 3.05. The van der Waals surface area contributed by atoms with Crippen molar-refractivity contribution in [1.29, 1.82) is 0 Å². The Balaban J connectivity index is 2.74. The summed E-state index contributed by atoms with van der Waals surface area (Å²) in [6.45, 7) is 1.95. The van der Waals surface area contributed by atoms with Crippen LogP contribution in [0.2, 0.25) is 0 Å². The van der Waals surface area contributed by atoms with E-state index in [4.69, 9.17) is 4.74 Å². The molecule has 1 rings (SSSR count). The molecule has 0 bridgehead atoms. The minimum Gasteiger partial charge on any atom is -0.423 e. The second kappa shape index (κ2) is 4.58. The summed E-state index contributed by atoms with van der Waals surface area (Å²) in [4.78, 5) is 12.7. The van der Waals surface area contributed by atoms with Crippen LogP contribution >= 0.6 is 15.9 Å². The molecule has 13 heavy (non-hydrogen) atoms. The first-order valence-corrected chi connectivity index (χ1v) is 5.02. The van der Waals surface area contributed by atoms with E-state index in [9.17, 15) is 9.90 Å². The predicted molar refractivity (Wildman–Crippen MR) is 52.1 cm³/mol. The van der Waals surface area contributed by atoms with E-state index >= 15 is 0 Å². The summed E-state index contributed by atoms with van der Waals surface area (Å²) in [5, 5.41) is 9.52. The number of carbonyl (C=O) groups is 1. The fourth-order valence-corrected chi connectivity index (χ4v) is 1.35. The van der Waals surface area contributed by atoms with Crippen LogP contribution in [0.5, 0.6) is 0 Å². The van der Waals surface area contributed by atoms with Crippen LogP contribution in [-0.2, 0) is 9.53 Å². The number of aliphatic hydroxyl groups is 1. The molecule has 4 heteroatoms. The smallest absolute Gasteiger partial charge is 0.342 e. The fraction of sp³-hybridized carbons (Fsp3) is 0.444. The number of esters is 1. The number of halogens is 1. The van der Waals surface area contributed by atoms with E-state index in [1.54, 1.807) is 6.08 Å². The van der Waals surface area contributed by atoms with Gasteiger partial charge >= 0.3 is 5.97 Å². The Bertz CT molecular complexity index is 268. The molecule has 1 aliphatic heterocycles. The Morgan fingerprint density at radius 1 is 1.77 bits per heavy atom. The van der Waals surface area contributed by atoms with E-state index in [1.165, 1.54) is 4.99 Å². The average molecular weight is 247 g/mol. The van der Waals surface area contributed by atoms with Gasteiger partial charge in [0.2, 0.25) is 0 Å². The first-order valence-electron chi connectivity index (χ1n) is 4.11. The molecule has 0 saturated heterocycles. The van der Waals surface area contributed by atoms with Gasteiger partial charge < -0.3 is 9.84 Å². The quantitative estimate of drug-likeness (QED) is 0.774. The number of carbonyl (C=O) groups excluding carboxylic acids is 1. The molecule has 0 spiro atoms. The summed E-state index contributed by atoms with van der Waals surface area (Å²) in [6, 6.07) is 0. The SMILES string of the molecule is CCCC(O)C1=C/C(=C\Br)OC1=O. The molecule has 0 fully saturated rings. The highest BCUT2D eigenvalue weighted by atomic mass is 79.9. The Hall–Kier alpha value is -0.610. The summed E-state index contributed by atoms with van der Waals surface area (Å²) in [6.07, 6.45) is 2.26. The van der Waals surface area contributed by atoms with Gasteiger partial charge in [0.25, 0.3) is 0 Å². The van der Waals surface area contributed by atoms with Crippen molar-refractivity contribution in [2.45, 2.75) is 25.9 Å². The lowest BCUT2D eigenvalue weighted by Crippen LogP contribution is -2.15. The van der Waals surface area contributed by atoms with E-state index in [0.29, 0.717) is 17.8 Å². The van der Waals surface area contributed by atoms with Crippen molar-refractivity contribution in [2.75, 3.05) is 0 Å². The molecule has 1 aliphatic rings. The monoisotopic (exact) mass is 246 g/mol. The van der Waals surface area contributed by atoms with Gasteiger partial charge in [-0.15, -0.1) is 0 Å². The second-order valence-corrected chi connectivity index (χ2v) is 3.26. The molecule has 72 valence electrons. The summed E-state index contributed by atoms with van der Waals surface area (Å²) in [7, 11) is 0. The molecule has 0 amide bonds. The number of aliphatic hydroxyl groups excluding tert-OH is 1. The van der Waals surface area contributed by atoms with Crippen LogP contribution in [0.25, 0.3) is 0 Å². The third-order valence-corrected chi connectivity index (χ3v) is 2.22. The molecule has 0 aromatic rings. The van der Waals surface area contributed by atoms with E-state index < -0.39 is 12.1 Å². The topological polar surface area (TPSA) is 46.5 Å². The lowest BCUT2D eigenvalue weighted by Gasteiger charge is -2.06. The normalized spacial score (nSPS) is 21.6. The van der Waals surface area contributed by atoms with Gasteiger partial charge in [0.15, 0.2) is 0 Å². The van der Waals surface area contributed by atoms with Gasteiger partial charge in [0.05, 0.1) is 11.7 Å². The highest BCUT2D eigenvalue weighted by Gasteiger charge is 2.26. The zero-order valence-corrected chi connectivity index (χ0v) is 8.87. The molecule has 3 nitrogen and oxygen atoms in total. The predicted octanol–water partition coefficient (Wildman–Crippen LogP) is 1.87. The van der Waals surface area contributed by atoms with Crippen LogP contribution in [0.1, 0.15) is 19.8 Å². The summed E-state index contributed by atoms with van der Waals surface area (Å²) in [5.41, 5.74) is 0.340.